The molecule has 0 saturated carbocycles. The third-order valence-corrected chi connectivity index (χ3v) is 3.50. The van der Waals surface area contributed by atoms with Crippen molar-refractivity contribution in [1.29, 1.82) is 0 Å². The summed E-state index contributed by atoms with van der Waals surface area (Å²) in [5.41, 5.74) is 0.881. The Kier molecular flexibility index (Phi) is 9.80. The Hall–Kier alpha value is -1.85. The second kappa shape index (κ2) is 11.6. The Morgan fingerprint density at radius 2 is 1.96 bits per heavy atom. The minimum absolute atomic E-state index is 0.154. The Morgan fingerprint density at radius 1 is 1.25 bits per heavy atom. The van der Waals surface area contributed by atoms with E-state index in [0.717, 1.165) is 23.0 Å². The van der Waals surface area contributed by atoms with Crippen molar-refractivity contribution in [2.75, 3.05) is 13.7 Å². The third-order valence-electron chi connectivity index (χ3n) is 3.23. The van der Waals surface area contributed by atoms with Crippen molar-refractivity contribution in [1.82, 2.24) is 5.32 Å². The first-order valence-corrected chi connectivity index (χ1v) is 8.61. The van der Waals surface area contributed by atoms with Gasteiger partial charge in [-0.2, -0.15) is 0 Å². The fourth-order valence-electron chi connectivity index (χ4n) is 2.00. The average molecular weight is 398 g/mol. The topological polar surface area (TPSA) is 77.0 Å². The molecule has 1 aromatic carbocycles. The van der Waals surface area contributed by atoms with Crippen LogP contribution < -0.4 is 5.32 Å². The summed E-state index contributed by atoms with van der Waals surface area (Å²) in [5.74, 6) is -0.477. The van der Waals surface area contributed by atoms with Gasteiger partial charge in [0.15, 0.2) is 0 Å². The predicted molar refractivity (Wildman–Crippen MR) is 93.1 cm³/mol. The van der Waals surface area contributed by atoms with Crippen molar-refractivity contribution in [2.24, 2.45) is 4.99 Å². The van der Waals surface area contributed by atoms with Crippen molar-refractivity contribution in [3.8, 4) is 0 Å². The molecule has 1 amide bonds. The van der Waals surface area contributed by atoms with Gasteiger partial charge >= 0.3 is 120 Å². The van der Waals surface area contributed by atoms with Crippen molar-refractivity contribution in [3.63, 3.8) is 0 Å². The van der Waals surface area contributed by atoms with Gasteiger partial charge in [0.2, 0.25) is 0 Å². The number of amides is 1. The van der Waals surface area contributed by atoms with Crippen LogP contribution in [0.5, 0.6) is 0 Å². The number of carbonyl (C=O) groups is 2. The first kappa shape index (κ1) is 20.2. The zero-order chi connectivity index (χ0) is 17.8. The summed E-state index contributed by atoms with van der Waals surface area (Å²) in [6, 6.07) is 8.63. The Morgan fingerprint density at radius 3 is 2.58 bits per heavy atom. The van der Waals surface area contributed by atoms with Crippen LogP contribution in [-0.4, -0.2) is 52.4 Å². The van der Waals surface area contributed by atoms with Gasteiger partial charge in [0, 0.05) is 0 Å². The molecule has 0 aromatic heterocycles. The molecule has 24 heavy (non-hydrogen) atoms. The summed E-state index contributed by atoms with van der Waals surface area (Å²) in [5, 5.41) is 2.56. The third kappa shape index (κ3) is 8.70. The van der Waals surface area contributed by atoms with Crippen LogP contribution in [0.3, 0.4) is 0 Å². The fourth-order valence-corrected chi connectivity index (χ4v) is 2.19. The molecular formula is C17H23N2O4Se. The number of methoxy groups -OCH3 is 1. The number of nitrogens with one attached hydrogen (secondary N) is 1. The molecule has 0 aliphatic heterocycles. The van der Waals surface area contributed by atoms with E-state index in [1.165, 1.54) is 7.11 Å². The molecule has 1 rings (SSSR count). The van der Waals surface area contributed by atoms with E-state index in [2.05, 4.69) is 26.3 Å². The normalized spacial score (nSPS) is 12.3. The molecular weight excluding hydrogens is 375 g/mol. The van der Waals surface area contributed by atoms with Crippen LogP contribution in [0.2, 0.25) is 0 Å². The van der Waals surface area contributed by atoms with Crippen LogP contribution in [0, 0.1) is 0 Å². The fraction of sp³-hybridized carbons (Fsp3) is 0.471. The molecule has 1 atom stereocenters. The first-order chi connectivity index (χ1) is 11.5. The molecule has 6 nitrogen and oxygen atoms in total. The number of nitrogens with zero attached hydrogens (tertiary/aromatic N) is 1. The number of rotatable bonds is 9. The van der Waals surface area contributed by atoms with E-state index in [1.54, 1.807) is 0 Å². The van der Waals surface area contributed by atoms with E-state index in [1.807, 2.05) is 37.3 Å². The van der Waals surface area contributed by atoms with E-state index in [9.17, 15) is 9.59 Å². The monoisotopic (exact) mass is 399 g/mol. The van der Waals surface area contributed by atoms with Crippen LogP contribution >= 0.6 is 0 Å². The van der Waals surface area contributed by atoms with Crippen LogP contribution in [0.4, 0.5) is 4.79 Å². The van der Waals surface area contributed by atoms with Gasteiger partial charge in [0.05, 0.1) is 0 Å². The van der Waals surface area contributed by atoms with Gasteiger partial charge in [0.1, 0.15) is 0 Å². The van der Waals surface area contributed by atoms with Crippen molar-refractivity contribution in [2.45, 2.75) is 38.8 Å². The number of benzene rings is 1. The molecule has 0 saturated heterocycles. The van der Waals surface area contributed by atoms with Gasteiger partial charge in [-0.05, 0) is 0 Å². The standard InChI is InChI=1S/C17H23N2O4Se/c1-13(24)18-11-7-6-10-15(16(20)22-2)19-17(21)23-12-14-8-4-3-5-9-14/h3-5,8-9,15H,6-7,10-12H2,1-2H3,(H,19,21)/t15-/m1/s1. The Labute approximate surface area is 150 Å². The summed E-state index contributed by atoms with van der Waals surface area (Å²) < 4.78 is 10.8. The van der Waals surface area contributed by atoms with E-state index < -0.39 is 18.1 Å². The zero-order valence-electron chi connectivity index (χ0n) is 14.0. The number of unbranched alkanes of at least 4 members (excludes halogenated alkanes) is 1. The number of alkyl carbamates (subject to hydrolysis) is 1. The average Bonchev–Trinajstić information content (AvgIpc) is 2.58. The van der Waals surface area contributed by atoms with E-state index in [4.69, 9.17) is 9.47 Å². The van der Waals surface area contributed by atoms with Gasteiger partial charge in [-0.25, -0.2) is 0 Å². The van der Waals surface area contributed by atoms with Crippen LogP contribution in [0.15, 0.2) is 35.3 Å². The van der Waals surface area contributed by atoms with E-state index in [0.29, 0.717) is 13.0 Å². The van der Waals surface area contributed by atoms with Crippen LogP contribution in [0.1, 0.15) is 31.7 Å². The second-order valence-corrected chi connectivity index (χ2v) is 6.42. The zero-order valence-corrected chi connectivity index (χ0v) is 15.7. The van der Waals surface area contributed by atoms with Crippen LogP contribution in [-0.2, 0) is 20.9 Å². The number of hydrogen-bond donors (Lipinski definition) is 1. The summed E-state index contributed by atoms with van der Waals surface area (Å²) in [6.45, 7) is 2.73. The van der Waals surface area contributed by atoms with Crippen molar-refractivity contribution in [3.05, 3.63) is 35.9 Å². The minimum atomic E-state index is -0.712. The molecule has 0 bridgehead atoms. The van der Waals surface area contributed by atoms with Crippen LogP contribution in [0.25, 0.3) is 0 Å². The molecule has 0 aliphatic carbocycles. The maximum atomic E-state index is 11.9. The molecule has 131 valence electrons. The summed E-state index contributed by atoms with van der Waals surface area (Å²) in [6.07, 6.45) is 1.42. The van der Waals surface area contributed by atoms with Crippen molar-refractivity contribution < 1.29 is 19.1 Å². The number of ether oxygens (including phenoxy) is 2. The molecule has 0 aliphatic rings. The number of carbonyl (C=O) groups excluding carboxylic acids is 2. The molecule has 1 radical (unpaired) electrons. The van der Waals surface area contributed by atoms with E-state index in [-0.39, 0.29) is 6.61 Å². The van der Waals surface area contributed by atoms with Gasteiger partial charge in [-0.3, -0.25) is 0 Å². The molecule has 0 fully saturated rings. The molecule has 0 heterocycles. The Balaban J connectivity index is 2.39. The quantitative estimate of drug-likeness (QED) is 0.300. The number of esters is 1. The molecule has 1 aromatic rings. The molecule has 1 N–H and O–H groups in total. The Bertz CT molecular complexity index is 545. The second-order valence-electron chi connectivity index (χ2n) is 5.18. The van der Waals surface area contributed by atoms with E-state index >= 15 is 0 Å². The maximum absolute atomic E-state index is 11.9. The SMILES string of the molecule is COC(=O)[C@@H](CCCCN=C(C)[Se])NC(=O)OCc1ccccc1. The minimum Gasteiger partial charge on any atom is -0.0622 e. The predicted octanol–water partition coefficient (Wildman–Crippen LogP) is 2.21. The molecule has 0 spiro atoms. The smallest absolute Gasteiger partial charge is 0.0622 e. The number of aliphatic imine (C=N–C) groups is 1. The summed E-state index contributed by atoms with van der Waals surface area (Å²) in [7, 11) is 1.30. The van der Waals surface area contributed by atoms with Gasteiger partial charge in [0.25, 0.3) is 0 Å². The summed E-state index contributed by atoms with van der Waals surface area (Å²) in [4.78, 5) is 27.9. The molecule has 7 heteroatoms. The van der Waals surface area contributed by atoms with Crippen molar-refractivity contribution >= 4 is 32.7 Å². The van der Waals surface area contributed by atoms with Gasteiger partial charge < -0.3 is 0 Å². The first-order valence-electron chi connectivity index (χ1n) is 7.76. The summed E-state index contributed by atoms with van der Waals surface area (Å²) >= 11 is 2.82. The van der Waals surface area contributed by atoms with Gasteiger partial charge in [-0.1, -0.05) is 30.3 Å². The number of hydrogen-bond acceptors (Lipinski definition) is 5. The van der Waals surface area contributed by atoms with Gasteiger partial charge in [-0.15, -0.1) is 0 Å². The molecule has 0 unspecified atom stereocenters.